The van der Waals surface area contributed by atoms with Crippen LogP contribution >= 0.6 is 0 Å². The Balaban J connectivity index is 2.55. The highest BCUT2D eigenvalue weighted by molar-refractivity contribution is 6.16. The topological polar surface area (TPSA) is 92.6 Å². The second-order valence-electron chi connectivity index (χ2n) is 7.36. The second-order valence-corrected chi connectivity index (χ2v) is 7.36. The molecule has 2 aromatic rings. The van der Waals surface area contributed by atoms with Crippen LogP contribution in [-0.4, -0.2) is 70.6 Å². The van der Waals surface area contributed by atoms with Crippen LogP contribution in [0.4, 0.5) is 11.4 Å². The first-order chi connectivity index (χ1) is 15.3. The van der Waals surface area contributed by atoms with E-state index in [1.807, 2.05) is 19.0 Å². The molecule has 0 saturated carbocycles. The summed E-state index contributed by atoms with van der Waals surface area (Å²) in [5.74, 6) is -0.692. The Kier molecular flexibility index (Phi) is 9.09. The van der Waals surface area contributed by atoms with E-state index < -0.39 is 11.9 Å². The maximum absolute atomic E-state index is 12.8. The lowest BCUT2D eigenvalue weighted by atomic mass is 9.94. The average Bonchev–Trinajstić information content (AvgIpc) is 2.81. The van der Waals surface area contributed by atoms with Gasteiger partial charge in [0.25, 0.3) is 5.91 Å². The molecule has 0 aromatic heterocycles. The van der Waals surface area contributed by atoms with Gasteiger partial charge >= 0.3 is 5.97 Å². The third kappa shape index (κ3) is 6.49. The molecular weight excluding hydrogens is 408 g/mol. The molecule has 2 rings (SSSR count). The van der Waals surface area contributed by atoms with Gasteiger partial charge in [0.2, 0.25) is 0 Å². The minimum atomic E-state index is -0.709. The van der Waals surface area contributed by atoms with Crippen molar-refractivity contribution in [1.29, 1.82) is 0 Å². The number of hydrogen-bond acceptors (Lipinski definition) is 7. The van der Waals surface area contributed by atoms with Gasteiger partial charge < -0.3 is 19.7 Å². The van der Waals surface area contributed by atoms with Crippen LogP contribution in [0, 0.1) is 5.92 Å². The number of aliphatic imine (C=N–C) groups is 2. The fourth-order valence-electron chi connectivity index (χ4n) is 2.92. The zero-order valence-electron chi connectivity index (χ0n) is 19.2. The number of hydrogen-bond donors (Lipinski definition) is 1. The van der Waals surface area contributed by atoms with Crippen LogP contribution in [0.1, 0.15) is 22.8 Å². The van der Waals surface area contributed by atoms with E-state index in [-0.39, 0.29) is 12.5 Å². The number of ether oxygens (including phenoxy) is 2. The molecule has 170 valence electrons. The maximum Gasteiger partial charge on any atom is 0.314 e. The summed E-state index contributed by atoms with van der Waals surface area (Å²) in [6.45, 7) is 6.22. The van der Waals surface area contributed by atoms with E-state index in [0.717, 1.165) is 0 Å². The van der Waals surface area contributed by atoms with Crippen LogP contribution < -0.4 is 10.1 Å². The molecular formula is C24H30N4O4. The van der Waals surface area contributed by atoms with Crippen molar-refractivity contribution in [3.05, 3.63) is 53.6 Å². The van der Waals surface area contributed by atoms with Gasteiger partial charge in [-0.3, -0.25) is 19.6 Å². The second kappa shape index (κ2) is 11.8. The van der Waals surface area contributed by atoms with Gasteiger partial charge in [-0.2, -0.15) is 0 Å². The van der Waals surface area contributed by atoms with Crippen LogP contribution in [0.5, 0.6) is 5.75 Å². The van der Waals surface area contributed by atoms with Crippen molar-refractivity contribution < 1.29 is 19.1 Å². The largest absolute Gasteiger partial charge is 0.497 e. The molecule has 0 aliphatic carbocycles. The zero-order chi connectivity index (χ0) is 23.7. The summed E-state index contributed by atoms with van der Waals surface area (Å²) in [7, 11) is 6.95. The fourth-order valence-corrected chi connectivity index (χ4v) is 2.92. The molecule has 0 bridgehead atoms. The van der Waals surface area contributed by atoms with Gasteiger partial charge in [0.15, 0.2) is 0 Å². The number of methoxy groups -OCH3 is 1. The van der Waals surface area contributed by atoms with E-state index in [1.165, 1.54) is 0 Å². The lowest BCUT2D eigenvalue weighted by Gasteiger charge is -2.18. The van der Waals surface area contributed by atoms with Crippen molar-refractivity contribution >= 4 is 35.7 Å². The molecule has 1 unspecified atom stereocenters. The molecule has 0 aliphatic heterocycles. The van der Waals surface area contributed by atoms with Crippen LogP contribution in [-0.2, 0) is 9.53 Å². The Morgan fingerprint density at radius 2 is 1.84 bits per heavy atom. The summed E-state index contributed by atoms with van der Waals surface area (Å²) in [5, 5.41) is 2.60. The molecule has 32 heavy (non-hydrogen) atoms. The van der Waals surface area contributed by atoms with Gasteiger partial charge in [-0.25, -0.2) is 0 Å². The van der Waals surface area contributed by atoms with Gasteiger partial charge in [-0.1, -0.05) is 0 Å². The summed E-state index contributed by atoms with van der Waals surface area (Å²) in [6.07, 6.45) is 0. The Hall–Kier alpha value is -3.52. The number of esters is 1. The molecule has 0 radical (unpaired) electrons. The highest BCUT2D eigenvalue weighted by Crippen LogP contribution is 2.28. The SMILES string of the molecule is C=Nc1ccc(C(=O)NC)cc1C(=Nc1ccc(OC)cc1)C(C)C(=O)OCCN(C)C. The third-order valence-electron chi connectivity index (χ3n) is 4.80. The molecule has 1 N–H and O–H groups in total. The summed E-state index contributed by atoms with van der Waals surface area (Å²) in [5.41, 5.74) is 2.52. The highest BCUT2D eigenvalue weighted by atomic mass is 16.5. The summed E-state index contributed by atoms with van der Waals surface area (Å²) >= 11 is 0. The van der Waals surface area contributed by atoms with Gasteiger partial charge in [0, 0.05) is 24.7 Å². The van der Waals surface area contributed by atoms with Crippen molar-refractivity contribution in [3.8, 4) is 5.75 Å². The quantitative estimate of drug-likeness (QED) is 0.454. The number of likely N-dealkylation sites (N-methyl/N-ethyl adjacent to an activating group) is 1. The predicted molar refractivity (Wildman–Crippen MR) is 127 cm³/mol. The predicted octanol–water partition coefficient (Wildman–Crippen LogP) is 3.25. The van der Waals surface area contributed by atoms with Gasteiger partial charge in [0.05, 0.1) is 30.1 Å². The Morgan fingerprint density at radius 3 is 2.41 bits per heavy atom. The van der Waals surface area contributed by atoms with E-state index in [4.69, 9.17) is 14.5 Å². The van der Waals surface area contributed by atoms with Crippen molar-refractivity contribution in [2.24, 2.45) is 15.9 Å². The maximum atomic E-state index is 12.8. The Bertz CT molecular complexity index is 984. The number of nitrogens with zero attached hydrogens (tertiary/aromatic N) is 3. The molecule has 0 spiro atoms. The van der Waals surface area contributed by atoms with Gasteiger partial charge in [0.1, 0.15) is 12.4 Å². The van der Waals surface area contributed by atoms with E-state index in [2.05, 4.69) is 17.0 Å². The Morgan fingerprint density at radius 1 is 1.16 bits per heavy atom. The lowest BCUT2D eigenvalue weighted by Crippen LogP contribution is -2.28. The minimum absolute atomic E-state index is 0.258. The minimum Gasteiger partial charge on any atom is -0.497 e. The number of carbonyl (C=O) groups excluding carboxylic acids is 2. The van der Waals surface area contributed by atoms with Gasteiger partial charge in [-0.05, 0) is 70.2 Å². The van der Waals surface area contributed by atoms with Crippen LogP contribution in [0.2, 0.25) is 0 Å². The normalized spacial score (nSPS) is 12.2. The highest BCUT2D eigenvalue weighted by Gasteiger charge is 2.25. The van der Waals surface area contributed by atoms with Crippen molar-refractivity contribution in [2.45, 2.75) is 6.92 Å². The molecule has 1 amide bonds. The van der Waals surface area contributed by atoms with Gasteiger partial charge in [-0.15, -0.1) is 0 Å². The number of benzene rings is 2. The number of carbonyl (C=O) groups is 2. The summed E-state index contributed by atoms with van der Waals surface area (Å²) in [4.78, 5) is 35.8. The first-order valence-electron chi connectivity index (χ1n) is 10.2. The van der Waals surface area contributed by atoms with E-state index in [1.54, 1.807) is 63.5 Å². The summed E-state index contributed by atoms with van der Waals surface area (Å²) < 4.78 is 10.7. The molecule has 0 aliphatic rings. The smallest absolute Gasteiger partial charge is 0.314 e. The molecule has 2 aromatic carbocycles. The van der Waals surface area contributed by atoms with E-state index in [9.17, 15) is 9.59 Å². The zero-order valence-corrected chi connectivity index (χ0v) is 19.2. The van der Waals surface area contributed by atoms with Crippen LogP contribution in [0.25, 0.3) is 0 Å². The average molecular weight is 439 g/mol. The fraction of sp³-hybridized carbons (Fsp3) is 0.333. The molecule has 8 nitrogen and oxygen atoms in total. The monoisotopic (exact) mass is 438 g/mol. The standard InChI is InChI=1S/C24H30N4O4/c1-16(24(30)32-14-13-28(4)5)22(27-18-8-10-19(31-6)11-9-18)20-15-17(23(29)26-3)7-12-21(20)25-2/h7-12,15-16H,2,13-14H2,1,3-6H3,(H,26,29). The summed E-state index contributed by atoms with van der Waals surface area (Å²) in [6, 6.07) is 12.1. The third-order valence-corrected chi connectivity index (χ3v) is 4.80. The van der Waals surface area contributed by atoms with Crippen LogP contribution in [0.15, 0.2) is 52.4 Å². The molecule has 0 saturated heterocycles. The van der Waals surface area contributed by atoms with E-state index >= 15 is 0 Å². The molecule has 0 heterocycles. The number of rotatable bonds is 10. The first-order valence-corrected chi connectivity index (χ1v) is 10.2. The molecule has 1 atom stereocenters. The van der Waals surface area contributed by atoms with Crippen molar-refractivity contribution in [3.63, 3.8) is 0 Å². The number of nitrogens with one attached hydrogen (secondary N) is 1. The molecule has 0 fully saturated rings. The molecule has 8 heteroatoms. The number of amides is 1. The Labute approximate surface area is 189 Å². The van der Waals surface area contributed by atoms with Crippen LogP contribution in [0.3, 0.4) is 0 Å². The lowest BCUT2D eigenvalue weighted by molar-refractivity contribution is -0.145. The first kappa shape index (κ1) is 24.7. The van der Waals surface area contributed by atoms with Crippen molar-refractivity contribution in [1.82, 2.24) is 10.2 Å². The van der Waals surface area contributed by atoms with Crippen molar-refractivity contribution in [2.75, 3.05) is 41.4 Å². The van der Waals surface area contributed by atoms with E-state index in [0.29, 0.717) is 40.5 Å².